The first-order valence-electron chi connectivity index (χ1n) is 10.5. The highest BCUT2D eigenvalue weighted by Crippen LogP contribution is 2.18. The number of benzene rings is 2. The number of esters is 1. The molecule has 1 heterocycles. The summed E-state index contributed by atoms with van der Waals surface area (Å²) in [5.74, 6) is 0.602. The quantitative estimate of drug-likeness (QED) is 0.505. The van der Waals surface area contributed by atoms with Crippen LogP contribution < -0.4 is 10.1 Å². The number of hydrogen-bond donors (Lipinski definition) is 1. The lowest BCUT2D eigenvalue weighted by molar-refractivity contribution is -0.154. The second kappa shape index (κ2) is 10.6. The Labute approximate surface area is 187 Å². The lowest BCUT2D eigenvalue weighted by atomic mass is 10.1. The number of nitrogens with zero attached hydrogens (tertiary/aromatic N) is 1. The van der Waals surface area contributed by atoms with E-state index in [9.17, 15) is 9.59 Å². The molecule has 0 aliphatic heterocycles. The van der Waals surface area contributed by atoms with E-state index >= 15 is 0 Å². The van der Waals surface area contributed by atoms with Crippen molar-refractivity contribution < 1.29 is 23.6 Å². The number of amides is 1. The van der Waals surface area contributed by atoms with Crippen LogP contribution in [-0.2, 0) is 27.4 Å². The number of rotatable bonds is 9. The van der Waals surface area contributed by atoms with Gasteiger partial charge in [-0.25, -0.2) is 0 Å². The van der Waals surface area contributed by atoms with Gasteiger partial charge in [-0.2, -0.15) is 0 Å². The average molecular weight is 437 g/mol. The Balaban J connectivity index is 1.46. The van der Waals surface area contributed by atoms with Crippen LogP contribution in [0.15, 0.2) is 59.1 Å². The standard InChI is InChI=1S/C25H28N2O5/c1-16(21-8-6-5-7-9-21)26-25(29)19(4)31-24(28)14-20-10-12-22(13-11-20)30-15-23-17(2)27-32-18(23)3/h5-13,16,19H,14-15H2,1-4H3,(H,26,29). The predicted molar refractivity (Wildman–Crippen MR) is 119 cm³/mol. The minimum atomic E-state index is -0.883. The Bertz CT molecular complexity index is 1020. The molecule has 2 unspecified atom stereocenters. The Kier molecular flexibility index (Phi) is 7.65. The number of aromatic nitrogens is 1. The molecule has 168 valence electrons. The van der Waals surface area contributed by atoms with Gasteiger partial charge < -0.3 is 19.3 Å². The molecule has 0 spiro atoms. The summed E-state index contributed by atoms with van der Waals surface area (Å²) < 4.78 is 16.2. The fraction of sp³-hybridized carbons (Fsp3) is 0.320. The van der Waals surface area contributed by atoms with Gasteiger partial charge in [0.1, 0.15) is 18.1 Å². The van der Waals surface area contributed by atoms with E-state index < -0.39 is 12.1 Å². The summed E-state index contributed by atoms with van der Waals surface area (Å²) in [5, 5.41) is 6.77. The molecule has 1 aromatic heterocycles. The van der Waals surface area contributed by atoms with E-state index in [0.717, 1.165) is 28.1 Å². The van der Waals surface area contributed by atoms with Crippen molar-refractivity contribution in [3.8, 4) is 5.75 Å². The summed E-state index contributed by atoms with van der Waals surface area (Å²) in [4.78, 5) is 24.6. The molecule has 2 aromatic carbocycles. The van der Waals surface area contributed by atoms with E-state index in [-0.39, 0.29) is 18.4 Å². The second-order valence-electron chi connectivity index (χ2n) is 7.69. The SMILES string of the molecule is Cc1noc(C)c1COc1ccc(CC(=O)OC(C)C(=O)NC(C)c2ccccc2)cc1. The molecule has 1 N–H and O–H groups in total. The summed E-state index contributed by atoms with van der Waals surface area (Å²) in [7, 11) is 0. The van der Waals surface area contributed by atoms with Crippen molar-refractivity contribution in [3.05, 3.63) is 82.7 Å². The maximum Gasteiger partial charge on any atom is 0.311 e. The normalized spacial score (nSPS) is 12.6. The molecule has 0 radical (unpaired) electrons. The minimum Gasteiger partial charge on any atom is -0.489 e. The Hall–Kier alpha value is -3.61. The van der Waals surface area contributed by atoms with Gasteiger partial charge in [-0.1, -0.05) is 47.6 Å². The summed E-state index contributed by atoms with van der Waals surface area (Å²) in [5.41, 5.74) is 3.48. The van der Waals surface area contributed by atoms with Crippen LogP contribution in [-0.4, -0.2) is 23.1 Å². The topological polar surface area (TPSA) is 90.7 Å². The van der Waals surface area contributed by atoms with Crippen molar-refractivity contribution in [2.45, 2.75) is 52.9 Å². The average Bonchev–Trinajstić information content (AvgIpc) is 3.11. The van der Waals surface area contributed by atoms with Crippen molar-refractivity contribution in [2.75, 3.05) is 0 Å². The van der Waals surface area contributed by atoms with Crippen LogP contribution in [0.25, 0.3) is 0 Å². The van der Waals surface area contributed by atoms with Crippen molar-refractivity contribution >= 4 is 11.9 Å². The first kappa shape index (κ1) is 23.1. The van der Waals surface area contributed by atoms with Gasteiger partial charge in [0, 0.05) is 0 Å². The highest BCUT2D eigenvalue weighted by Gasteiger charge is 2.20. The molecule has 0 saturated carbocycles. The molecule has 7 nitrogen and oxygen atoms in total. The van der Waals surface area contributed by atoms with Gasteiger partial charge in [0.05, 0.1) is 23.7 Å². The summed E-state index contributed by atoms with van der Waals surface area (Å²) in [6, 6.07) is 16.6. The Morgan fingerprint density at radius 3 is 2.34 bits per heavy atom. The molecule has 0 aliphatic rings. The molecule has 0 fully saturated rings. The predicted octanol–water partition coefficient (Wildman–Crippen LogP) is 4.22. The molecular weight excluding hydrogens is 408 g/mol. The van der Waals surface area contributed by atoms with Gasteiger partial charge in [-0.3, -0.25) is 9.59 Å². The van der Waals surface area contributed by atoms with E-state index in [1.54, 1.807) is 31.2 Å². The van der Waals surface area contributed by atoms with Crippen LogP contribution >= 0.6 is 0 Å². The smallest absolute Gasteiger partial charge is 0.311 e. The molecule has 7 heteroatoms. The van der Waals surface area contributed by atoms with Gasteiger partial charge in [0.2, 0.25) is 0 Å². The molecule has 1 amide bonds. The summed E-state index contributed by atoms with van der Waals surface area (Å²) >= 11 is 0. The van der Waals surface area contributed by atoms with E-state index in [2.05, 4.69) is 10.5 Å². The van der Waals surface area contributed by atoms with E-state index in [1.807, 2.05) is 51.1 Å². The number of carbonyl (C=O) groups is 2. The molecule has 32 heavy (non-hydrogen) atoms. The first-order valence-corrected chi connectivity index (χ1v) is 10.5. The summed E-state index contributed by atoms with van der Waals surface area (Å²) in [6.45, 7) is 7.52. The molecule has 3 aromatic rings. The van der Waals surface area contributed by atoms with Crippen molar-refractivity contribution in [1.82, 2.24) is 10.5 Å². The highest BCUT2D eigenvalue weighted by atomic mass is 16.5. The second-order valence-corrected chi connectivity index (χ2v) is 7.69. The Morgan fingerprint density at radius 1 is 1.03 bits per heavy atom. The van der Waals surface area contributed by atoms with Gasteiger partial charge in [-0.05, 0) is 51.0 Å². The van der Waals surface area contributed by atoms with Crippen LogP contribution in [0.5, 0.6) is 5.75 Å². The van der Waals surface area contributed by atoms with E-state index in [1.165, 1.54) is 0 Å². The van der Waals surface area contributed by atoms with Crippen molar-refractivity contribution in [1.29, 1.82) is 0 Å². The zero-order valence-corrected chi connectivity index (χ0v) is 18.8. The molecule has 0 aliphatic carbocycles. The van der Waals surface area contributed by atoms with Crippen LogP contribution in [0.1, 0.15) is 48.0 Å². The van der Waals surface area contributed by atoms with Gasteiger partial charge in [0.15, 0.2) is 6.10 Å². The van der Waals surface area contributed by atoms with Crippen LogP contribution in [0.2, 0.25) is 0 Å². The third-order valence-corrected chi connectivity index (χ3v) is 5.17. The van der Waals surface area contributed by atoms with Crippen molar-refractivity contribution in [2.24, 2.45) is 0 Å². The zero-order chi connectivity index (χ0) is 23.1. The molecule has 0 saturated heterocycles. The van der Waals surface area contributed by atoms with Crippen molar-refractivity contribution in [3.63, 3.8) is 0 Å². The first-order chi connectivity index (χ1) is 15.3. The highest BCUT2D eigenvalue weighted by molar-refractivity contribution is 5.84. The number of hydrogen-bond acceptors (Lipinski definition) is 6. The molecular formula is C25H28N2O5. The van der Waals surface area contributed by atoms with Crippen LogP contribution in [0.4, 0.5) is 0 Å². The molecule has 0 bridgehead atoms. The van der Waals surface area contributed by atoms with Gasteiger partial charge in [-0.15, -0.1) is 0 Å². The Morgan fingerprint density at radius 2 is 1.72 bits per heavy atom. The number of aryl methyl sites for hydroxylation is 2. The number of nitrogens with one attached hydrogen (secondary N) is 1. The van der Waals surface area contributed by atoms with Gasteiger partial charge in [0.25, 0.3) is 5.91 Å². The third-order valence-electron chi connectivity index (χ3n) is 5.17. The fourth-order valence-electron chi connectivity index (χ4n) is 3.18. The van der Waals surface area contributed by atoms with Crippen LogP contribution in [0, 0.1) is 13.8 Å². The molecule has 3 rings (SSSR count). The minimum absolute atomic E-state index is 0.0655. The van der Waals surface area contributed by atoms with E-state index in [0.29, 0.717) is 12.4 Å². The molecule has 2 atom stereocenters. The number of carbonyl (C=O) groups excluding carboxylic acids is 2. The van der Waals surface area contributed by atoms with Gasteiger partial charge >= 0.3 is 5.97 Å². The monoisotopic (exact) mass is 436 g/mol. The lowest BCUT2D eigenvalue weighted by Crippen LogP contribution is -2.37. The fourth-order valence-corrected chi connectivity index (χ4v) is 3.18. The maximum atomic E-state index is 12.4. The van der Waals surface area contributed by atoms with E-state index in [4.69, 9.17) is 14.0 Å². The van der Waals surface area contributed by atoms with Crippen LogP contribution in [0.3, 0.4) is 0 Å². The zero-order valence-electron chi connectivity index (χ0n) is 18.8. The lowest BCUT2D eigenvalue weighted by Gasteiger charge is -2.18. The maximum absolute atomic E-state index is 12.4. The number of ether oxygens (including phenoxy) is 2. The third kappa shape index (κ3) is 6.20. The largest absolute Gasteiger partial charge is 0.489 e. The summed E-state index contributed by atoms with van der Waals surface area (Å²) in [6.07, 6.45) is -0.818.